The molecule has 1 rings (SSSR count). The summed E-state index contributed by atoms with van der Waals surface area (Å²) in [6.07, 6.45) is 2.07. The lowest BCUT2D eigenvalue weighted by molar-refractivity contribution is 0.318. The molecule has 0 spiro atoms. The summed E-state index contributed by atoms with van der Waals surface area (Å²) < 4.78 is 0. The fraction of sp³-hybridized carbons (Fsp3) is 0.571. The number of benzene rings is 1. The third-order valence-electron chi connectivity index (χ3n) is 2.93. The summed E-state index contributed by atoms with van der Waals surface area (Å²) in [5.41, 5.74) is 1.42. The first kappa shape index (κ1) is 14.8. The first-order chi connectivity index (χ1) is 7.94. The van der Waals surface area contributed by atoms with Gasteiger partial charge in [-0.2, -0.15) is 0 Å². The number of aryl methyl sites for hydroxylation is 1. The van der Waals surface area contributed by atoms with E-state index in [2.05, 4.69) is 26.1 Å². The normalized spacial score (nSPS) is 11.8. The van der Waals surface area contributed by atoms with E-state index in [4.69, 9.17) is 23.2 Å². The molecule has 0 bridgehead atoms. The van der Waals surface area contributed by atoms with Crippen molar-refractivity contribution in [3.8, 4) is 0 Å². The smallest absolute Gasteiger partial charge is 0.0439 e. The molecule has 0 saturated heterocycles. The van der Waals surface area contributed by atoms with Crippen LogP contribution in [0.4, 0.5) is 0 Å². The summed E-state index contributed by atoms with van der Waals surface area (Å²) in [5.74, 6) is 0. The van der Waals surface area contributed by atoms with Crippen LogP contribution in [0, 0.1) is 5.41 Å². The number of rotatable bonds is 6. The molecule has 0 aromatic heterocycles. The van der Waals surface area contributed by atoms with Gasteiger partial charge in [-0.25, -0.2) is 0 Å². The molecular weight excluding hydrogens is 253 g/mol. The fourth-order valence-corrected chi connectivity index (χ4v) is 2.17. The molecule has 0 unspecified atom stereocenters. The van der Waals surface area contributed by atoms with Crippen molar-refractivity contribution in [1.82, 2.24) is 5.32 Å². The van der Waals surface area contributed by atoms with Crippen molar-refractivity contribution in [2.45, 2.75) is 33.6 Å². The summed E-state index contributed by atoms with van der Waals surface area (Å²) in [4.78, 5) is 0. The largest absolute Gasteiger partial charge is 0.316 e. The Labute approximate surface area is 115 Å². The Morgan fingerprint density at radius 1 is 1.24 bits per heavy atom. The van der Waals surface area contributed by atoms with E-state index in [1.807, 2.05) is 18.2 Å². The highest BCUT2D eigenvalue weighted by atomic mass is 35.5. The molecule has 0 heterocycles. The number of nitrogens with one attached hydrogen (secondary N) is 1. The van der Waals surface area contributed by atoms with Gasteiger partial charge < -0.3 is 5.32 Å². The van der Waals surface area contributed by atoms with Gasteiger partial charge in [0.2, 0.25) is 0 Å². The maximum Gasteiger partial charge on any atom is 0.0439 e. The molecule has 0 fully saturated rings. The molecule has 1 aromatic carbocycles. The second-order valence-corrected chi connectivity index (χ2v) is 6.02. The minimum Gasteiger partial charge on any atom is -0.316 e. The maximum absolute atomic E-state index is 6.16. The molecule has 1 aromatic rings. The highest BCUT2D eigenvalue weighted by molar-refractivity contribution is 6.33. The Morgan fingerprint density at radius 2 is 1.94 bits per heavy atom. The number of hydrogen-bond acceptors (Lipinski definition) is 1. The highest BCUT2D eigenvalue weighted by Gasteiger charge is 2.17. The molecule has 17 heavy (non-hydrogen) atoms. The van der Waals surface area contributed by atoms with E-state index >= 15 is 0 Å². The number of hydrogen-bond donors (Lipinski definition) is 1. The van der Waals surface area contributed by atoms with Gasteiger partial charge in [0.05, 0.1) is 0 Å². The third-order valence-corrected chi connectivity index (χ3v) is 3.54. The van der Waals surface area contributed by atoms with E-state index in [9.17, 15) is 0 Å². The Morgan fingerprint density at radius 3 is 2.59 bits per heavy atom. The quantitative estimate of drug-likeness (QED) is 0.801. The van der Waals surface area contributed by atoms with Crippen molar-refractivity contribution >= 4 is 23.2 Å². The standard InChI is InChI=1S/C14H21Cl2N/c1-4-17-10-14(2,3)8-7-11-9-12(15)5-6-13(11)16/h5-6,9,17H,4,7-8,10H2,1-3H3. The predicted octanol–water partition coefficient (Wildman–Crippen LogP) is 4.56. The van der Waals surface area contributed by atoms with Crippen LogP contribution in [-0.2, 0) is 6.42 Å². The zero-order valence-corrected chi connectivity index (χ0v) is 12.3. The Hall–Kier alpha value is -0.240. The summed E-state index contributed by atoms with van der Waals surface area (Å²) in [6.45, 7) is 8.72. The Kier molecular flexibility index (Phi) is 5.78. The second kappa shape index (κ2) is 6.63. The zero-order valence-electron chi connectivity index (χ0n) is 10.8. The van der Waals surface area contributed by atoms with Crippen LogP contribution in [-0.4, -0.2) is 13.1 Å². The minimum atomic E-state index is 0.279. The highest BCUT2D eigenvalue weighted by Crippen LogP contribution is 2.27. The van der Waals surface area contributed by atoms with Crippen LogP contribution in [0.2, 0.25) is 10.0 Å². The van der Waals surface area contributed by atoms with E-state index in [0.717, 1.165) is 41.5 Å². The lowest BCUT2D eigenvalue weighted by atomic mass is 9.86. The summed E-state index contributed by atoms with van der Waals surface area (Å²) >= 11 is 12.1. The first-order valence-electron chi connectivity index (χ1n) is 6.09. The third kappa shape index (κ3) is 5.29. The molecule has 0 aliphatic heterocycles. The zero-order chi connectivity index (χ0) is 12.9. The van der Waals surface area contributed by atoms with Gasteiger partial charge in [-0.15, -0.1) is 0 Å². The molecule has 0 aliphatic carbocycles. The van der Waals surface area contributed by atoms with Crippen molar-refractivity contribution in [1.29, 1.82) is 0 Å². The van der Waals surface area contributed by atoms with Gasteiger partial charge >= 0.3 is 0 Å². The van der Waals surface area contributed by atoms with E-state index in [-0.39, 0.29) is 5.41 Å². The van der Waals surface area contributed by atoms with Crippen LogP contribution in [0.1, 0.15) is 32.8 Å². The average Bonchev–Trinajstić information content (AvgIpc) is 2.28. The summed E-state index contributed by atoms with van der Waals surface area (Å²) in [6, 6.07) is 5.67. The van der Waals surface area contributed by atoms with Crippen LogP contribution >= 0.6 is 23.2 Å². The first-order valence-corrected chi connectivity index (χ1v) is 6.85. The predicted molar refractivity (Wildman–Crippen MR) is 77.1 cm³/mol. The average molecular weight is 274 g/mol. The van der Waals surface area contributed by atoms with Crippen LogP contribution in [0.3, 0.4) is 0 Å². The summed E-state index contributed by atoms with van der Waals surface area (Å²) in [7, 11) is 0. The molecule has 0 saturated carbocycles. The SMILES string of the molecule is CCNCC(C)(C)CCc1cc(Cl)ccc1Cl. The van der Waals surface area contributed by atoms with Gasteiger partial charge in [-0.05, 0) is 48.6 Å². The molecule has 1 nitrogen and oxygen atoms in total. The molecular formula is C14H21Cl2N. The molecule has 0 atom stereocenters. The molecule has 0 aliphatic rings. The van der Waals surface area contributed by atoms with Crippen molar-refractivity contribution in [3.05, 3.63) is 33.8 Å². The molecule has 0 amide bonds. The van der Waals surface area contributed by atoms with Crippen LogP contribution in [0.25, 0.3) is 0 Å². The maximum atomic E-state index is 6.16. The fourth-order valence-electron chi connectivity index (χ4n) is 1.76. The van der Waals surface area contributed by atoms with Crippen LogP contribution < -0.4 is 5.32 Å². The van der Waals surface area contributed by atoms with E-state index in [0.29, 0.717) is 0 Å². The van der Waals surface area contributed by atoms with Crippen LogP contribution in [0.15, 0.2) is 18.2 Å². The lowest BCUT2D eigenvalue weighted by Crippen LogP contribution is -2.29. The van der Waals surface area contributed by atoms with Gasteiger partial charge in [0.1, 0.15) is 0 Å². The Balaban J connectivity index is 2.57. The van der Waals surface area contributed by atoms with Gasteiger partial charge in [-0.1, -0.05) is 44.0 Å². The van der Waals surface area contributed by atoms with Gasteiger partial charge in [0, 0.05) is 16.6 Å². The minimum absolute atomic E-state index is 0.279. The second-order valence-electron chi connectivity index (χ2n) is 5.18. The summed E-state index contributed by atoms with van der Waals surface area (Å²) in [5, 5.41) is 4.96. The molecule has 96 valence electrons. The van der Waals surface area contributed by atoms with E-state index in [1.54, 1.807) is 0 Å². The van der Waals surface area contributed by atoms with Crippen molar-refractivity contribution < 1.29 is 0 Å². The monoisotopic (exact) mass is 273 g/mol. The van der Waals surface area contributed by atoms with Crippen LogP contribution in [0.5, 0.6) is 0 Å². The topological polar surface area (TPSA) is 12.0 Å². The van der Waals surface area contributed by atoms with Gasteiger partial charge in [0.25, 0.3) is 0 Å². The molecule has 3 heteroatoms. The van der Waals surface area contributed by atoms with Crippen molar-refractivity contribution in [2.75, 3.05) is 13.1 Å². The van der Waals surface area contributed by atoms with Crippen molar-refractivity contribution in [3.63, 3.8) is 0 Å². The van der Waals surface area contributed by atoms with Crippen molar-refractivity contribution in [2.24, 2.45) is 5.41 Å². The lowest BCUT2D eigenvalue weighted by Gasteiger charge is -2.25. The van der Waals surface area contributed by atoms with Gasteiger partial charge in [0.15, 0.2) is 0 Å². The van der Waals surface area contributed by atoms with Gasteiger partial charge in [-0.3, -0.25) is 0 Å². The van der Waals surface area contributed by atoms with E-state index in [1.165, 1.54) is 0 Å². The van der Waals surface area contributed by atoms with E-state index < -0.39 is 0 Å². The Bertz CT molecular complexity index is 361. The number of halogens is 2. The molecule has 0 radical (unpaired) electrons. The molecule has 1 N–H and O–H groups in total.